The van der Waals surface area contributed by atoms with Crippen molar-refractivity contribution in [1.29, 1.82) is 0 Å². The van der Waals surface area contributed by atoms with Crippen LogP contribution in [0.4, 0.5) is 18.3 Å². The average molecular weight is 324 g/mol. The highest BCUT2D eigenvalue weighted by atomic mass is 32.1. The molecule has 0 aliphatic rings. The minimum absolute atomic E-state index is 0.0535. The smallest absolute Gasteiger partial charge is 0.296 e. The number of para-hydroxylation sites is 1. The molecule has 2 heterocycles. The monoisotopic (exact) mass is 324 g/mol. The highest BCUT2D eigenvalue weighted by Crippen LogP contribution is 2.37. The van der Waals surface area contributed by atoms with Crippen LogP contribution in [-0.2, 0) is 6.18 Å². The summed E-state index contributed by atoms with van der Waals surface area (Å²) in [6.07, 6.45) is -0.497. The summed E-state index contributed by atoms with van der Waals surface area (Å²) < 4.78 is 39.1. The fourth-order valence-electron chi connectivity index (χ4n) is 1.81. The first-order chi connectivity index (χ1) is 10.4. The van der Waals surface area contributed by atoms with Crippen LogP contribution >= 0.6 is 11.3 Å². The summed E-state index contributed by atoms with van der Waals surface area (Å²) in [5.41, 5.74) is -0.964. The Morgan fingerprint density at radius 3 is 2.73 bits per heavy atom. The highest BCUT2D eigenvalue weighted by molar-refractivity contribution is 7.22. The Labute approximate surface area is 125 Å². The molecular formula is C13H7F3N4OS. The van der Waals surface area contributed by atoms with Crippen molar-refractivity contribution >= 4 is 32.6 Å². The van der Waals surface area contributed by atoms with Gasteiger partial charge in [-0.15, -0.1) is 0 Å². The normalized spacial score (nSPS) is 11.6. The summed E-state index contributed by atoms with van der Waals surface area (Å²) in [6.45, 7) is 0. The number of halogens is 3. The molecule has 2 aromatic heterocycles. The Bertz CT molecular complexity index is 832. The van der Waals surface area contributed by atoms with E-state index in [-0.39, 0.29) is 16.3 Å². The Morgan fingerprint density at radius 2 is 2.05 bits per heavy atom. The predicted octanol–water partition coefficient (Wildman–Crippen LogP) is 3.36. The molecule has 112 valence electrons. The number of aromatic nitrogens is 3. The number of nitrogens with one attached hydrogen (secondary N) is 1. The number of hydrogen-bond acceptors (Lipinski definition) is 5. The van der Waals surface area contributed by atoms with Gasteiger partial charge in [0.1, 0.15) is 5.69 Å². The first-order valence-corrected chi connectivity index (χ1v) is 6.81. The van der Waals surface area contributed by atoms with E-state index in [0.717, 1.165) is 17.4 Å². The lowest BCUT2D eigenvalue weighted by atomic mass is 10.2. The van der Waals surface area contributed by atoms with Crippen molar-refractivity contribution in [2.24, 2.45) is 0 Å². The molecule has 0 atom stereocenters. The third kappa shape index (κ3) is 2.75. The fourth-order valence-corrected chi connectivity index (χ4v) is 2.70. The minimum atomic E-state index is -4.50. The van der Waals surface area contributed by atoms with E-state index in [2.05, 4.69) is 20.3 Å². The second kappa shape index (κ2) is 5.34. The molecule has 1 amide bonds. The van der Waals surface area contributed by atoms with Crippen LogP contribution < -0.4 is 5.32 Å². The molecule has 0 radical (unpaired) electrons. The maximum atomic E-state index is 12.9. The van der Waals surface area contributed by atoms with E-state index in [1.165, 1.54) is 30.7 Å². The molecular weight excluding hydrogens is 317 g/mol. The van der Waals surface area contributed by atoms with Gasteiger partial charge in [-0.25, -0.2) is 9.97 Å². The number of thiazole rings is 1. The van der Waals surface area contributed by atoms with Crippen LogP contribution in [0.15, 0.2) is 36.8 Å². The molecule has 0 aliphatic carbocycles. The molecule has 0 unspecified atom stereocenters. The van der Waals surface area contributed by atoms with Gasteiger partial charge in [-0.3, -0.25) is 15.1 Å². The topological polar surface area (TPSA) is 67.8 Å². The first-order valence-electron chi connectivity index (χ1n) is 5.99. The van der Waals surface area contributed by atoms with Crippen LogP contribution in [0.1, 0.15) is 16.1 Å². The van der Waals surface area contributed by atoms with Gasteiger partial charge in [0, 0.05) is 12.4 Å². The number of rotatable bonds is 2. The number of carbonyl (C=O) groups is 1. The fraction of sp³-hybridized carbons (Fsp3) is 0.0769. The summed E-state index contributed by atoms with van der Waals surface area (Å²) in [7, 11) is 0. The second-order valence-corrected chi connectivity index (χ2v) is 5.24. The van der Waals surface area contributed by atoms with Crippen molar-refractivity contribution in [3.8, 4) is 0 Å². The van der Waals surface area contributed by atoms with E-state index in [1.54, 1.807) is 0 Å². The van der Waals surface area contributed by atoms with Gasteiger partial charge in [-0.1, -0.05) is 17.4 Å². The summed E-state index contributed by atoms with van der Waals surface area (Å²) in [5.74, 6) is -0.583. The number of nitrogens with zero attached hydrogens (tertiary/aromatic N) is 3. The summed E-state index contributed by atoms with van der Waals surface area (Å²) in [5, 5.41) is 2.50. The molecule has 0 saturated heterocycles. The molecule has 0 aliphatic heterocycles. The first kappa shape index (κ1) is 14.4. The highest BCUT2D eigenvalue weighted by Gasteiger charge is 2.33. The molecule has 5 nitrogen and oxygen atoms in total. The molecule has 0 bridgehead atoms. The minimum Gasteiger partial charge on any atom is -0.296 e. The van der Waals surface area contributed by atoms with Crippen LogP contribution in [0.5, 0.6) is 0 Å². The van der Waals surface area contributed by atoms with Crippen molar-refractivity contribution in [3.63, 3.8) is 0 Å². The van der Waals surface area contributed by atoms with Crippen molar-refractivity contribution in [3.05, 3.63) is 48.0 Å². The Balaban J connectivity index is 1.95. The van der Waals surface area contributed by atoms with Gasteiger partial charge in [0.2, 0.25) is 0 Å². The number of benzene rings is 1. The van der Waals surface area contributed by atoms with Crippen LogP contribution in [0, 0.1) is 0 Å². The van der Waals surface area contributed by atoms with Crippen molar-refractivity contribution in [1.82, 2.24) is 15.0 Å². The number of alkyl halides is 3. The standard InChI is InChI=1S/C13H7F3N4OS/c14-13(15,16)7-2-1-3-9-10(7)19-12(22-9)20-11(21)8-6-17-4-5-18-8/h1-6H,(H,19,20,21). The van der Waals surface area contributed by atoms with Gasteiger partial charge in [-0.05, 0) is 12.1 Å². The molecule has 9 heteroatoms. The zero-order chi connectivity index (χ0) is 15.7. The molecule has 0 fully saturated rings. The quantitative estimate of drug-likeness (QED) is 0.785. The van der Waals surface area contributed by atoms with Gasteiger partial charge < -0.3 is 0 Å². The zero-order valence-electron chi connectivity index (χ0n) is 10.8. The molecule has 1 aromatic carbocycles. The number of amides is 1. The van der Waals surface area contributed by atoms with Crippen molar-refractivity contribution < 1.29 is 18.0 Å². The van der Waals surface area contributed by atoms with Gasteiger partial charge in [0.15, 0.2) is 5.13 Å². The van der Waals surface area contributed by atoms with Crippen molar-refractivity contribution in [2.45, 2.75) is 6.18 Å². The van der Waals surface area contributed by atoms with E-state index < -0.39 is 17.6 Å². The van der Waals surface area contributed by atoms with Crippen LogP contribution in [0.25, 0.3) is 10.2 Å². The van der Waals surface area contributed by atoms with Crippen LogP contribution in [0.3, 0.4) is 0 Å². The van der Waals surface area contributed by atoms with Gasteiger partial charge in [-0.2, -0.15) is 13.2 Å². The average Bonchev–Trinajstić information content (AvgIpc) is 2.89. The van der Waals surface area contributed by atoms with E-state index in [4.69, 9.17) is 0 Å². The SMILES string of the molecule is O=C(Nc1nc2c(C(F)(F)F)cccc2s1)c1cnccn1. The number of carbonyl (C=O) groups excluding carboxylic acids is 1. The lowest BCUT2D eigenvalue weighted by molar-refractivity contribution is -0.136. The van der Waals surface area contributed by atoms with Gasteiger partial charge in [0.25, 0.3) is 5.91 Å². The second-order valence-electron chi connectivity index (χ2n) is 4.21. The molecule has 22 heavy (non-hydrogen) atoms. The number of fused-ring (bicyclic) bond motifs is 1. The summed E-state index contributed by atoms with van der Waals surface area (Å²) >= 11 is 0.959. The van der Waals surface area contributed by atoms with E-state index in [0.29, 0.717) is 4.70 Å². The Morgan fingerprint density at radius 1 is 1.23 bits per heavy atom. The van der Waals surface area contributed by atoms with E-state index >= 15 is 0 Å². The van der Waals surface area contributed by atoms with Crippen molar-refractivity contribution in [2.75, 3.05) is 5.32 Å². The molecule has 0 spiro atoms. The lowest BCUT2D eigenvalue weighted by Crippen LogP contribution is -2.13. The maximum absolute atomic E-state index is 12.9. The Hall–Kier alpha value is -2.55. The third-order valence-corrected chi connectivity index (χ3v) is 3.68. The third-order valence-electron chi connectivity index (χ3n) is 2.74. The Kier molecular flexibility index (Phi) is 3.49. The lowest BCUT2D eigenvalue weighted by Gasteiger charge is -2.06. The number of anilines is 1. The maximum Gasteiger partial charge on any atom is 0.418 e. The molecule has 3 aromatic rings. The van der Waals surface area contributed by atoms with Gasteiger partial charge >= 0.3 is 6.18 Å². The largest absolute Gasteiger partial charge is 0.418 e. The summed E-state index contributed by atoms with van der Waals surface area (Å²) in [6, 6.07) is 3.77. The summed E-state index contributed by atoms with van der Waals surface area (Å²) in [4.78, 5) is 23.3. The molecule has 3 rings (SSSR count). The zero-order valence-corrected chi connectivity index (χ0v) is 11.6. The van der Waals surface area contributed by atoms with E-state index in [1.807, 2.05) is 0 Å². The number of hydrogen-bond donors (Lipinski definition) is 1. The van der Waals surface area contributed by atoms with Crippen LogP contribution in [-0.4, -0.2) is 20.9 Å². The van der Waals surface area contributed by atoms with Crippen LogP contribution in [0.2, 0.25) is 0 Å². The molecule has 0 saturated carbocycles. The van der Waals surface area contributed by atoms with E-state index in [9.17, 15) is 18.0 Å². The van der Waals surface area contributed by atoms with Gasteiger partial charge in [0.05, 0.1) is 22.0 Å². The molecule has 1 N–H and O–H groups in total. The predicted molar refractivity (Wildman–Crippen MR) is 74.6 cm³/mol.